The van der Waals surface area contributed by atoms with E-state index in [1.54, 1.807) is 0 Å². The van der Waals surface area contributed by atoms with Crippen LogP contribution in [0.4, 0.5) is 10.3 Å². The zero-order valence-corrected chi connectivity index (χ0v) is 13.9. The van der Waals surface area contributed by atoms with Gasteiger partial charge in [0.15, 0.2) is 5.82 Å². The van der Waals surface area contributed by atoms with Gasteiger partial charge in [-0.05, 0) is 38.8 Å². The molecule has 0 N–H and O–H groups in total. The summed E-state index contributed by atoms with van der Waals surface area (Å²) in [6, 6.07) is 0.223. The molecule has 0 saturated carbocycles. The fraction of sp³-hybridized carbons (Fsp3) is 0.765. The number of hydrogen-bond acceptors (Lipinski definition) is 6. The Morgan fingerprint density at radius 2 is 2.00 bits per heavy atom. The molecule has 0 bridgehead atoms. The van der Waals surface area contributed by atoms with Crippen LogP contribution in [0.5, 0.6) is 0 Å². The van der Waals surface area contributed by atoms with Gasteiger partial charge >= 0.3 is 0 Å². The van der Waals surface area contributed by atoms with Gasteiger partial charge in [0.25, 0.3) is 0 Å². The third kappa shape index (κ3) is 3.38. The molecule has 4 rings (SSSR count). The minimum Gasteiger partial charge on any atom is -0.373 e. The van der Waals surface area contributed by atoms with E-state index in [-0.39, 0.29) is 18.2 Å². The molecule has 132 valence electrons. The van der Waals surface area contributed by atoms with Crippen LogP contribution >= 0.6 is 0 Å². The highest BCUT2D eigenvalue weighted by atomic mass is 19.1. The first-order valence-corrected chi connectivity index (χ1v) is 9.01. The van der Waals surface area contributed by atoms with Crippen molar-refractivity contribution >= 4 is 5.95 Å². The van der Waals surface area contributed by atoms with Crippen molar-refractivity contribution in [2.45, 2.75) is 43.9 Å². The van der Waals surface area contributed by atoms with E-state index in [9.17, 15) is 4.39 Å². The quantitative estimate of drug-likeness (QED) is 0.811. The average molecular weight is 336 g/mol. The molecule has 3 aliphatic rings. The van der Waals surface area contributed by atoms with Crippen molar-refractivity contribution in [2.24, 2.45) is 0 Å². The number of aromatic nitrogens is 2. The maximum atomic E-state index is 13.1. The highest BCUT2D eigenvalue weighted by molar-refractivity contribution is 5.35. The Hall–Kier alpha value is -1.31. The van der Waals surface area contributed by atoms with E-state index < -0.39 is 5.82 Å². The molecule has 0 amide bonds. The van der Waals surface area contributed by atoms with Gasteiger partial charge in [0, 0.05) is 13.2 Å². The Bertz CT molecular complexity index is 538. The summed E-state index contributed by atoms with van der Waals surface area (Å²) in [6.07, 6.45) is 7.21. The van der Waals surface area contributed by atoms with Crippen LogP contribution in [0.25, 0.3) is 0 Å². The lowest BCUT2D eigenvalue weighted by atomic mass is 10.0. The molecule has 3 saturated heterocycles. The number of likely N-dealkylation sites (tertiary alicyclic amines) is 1. The van der Waals surface area contributed by atoms with Gasteiger partial charge in [-0.15, -0.1) is 0 Å². The van der Waals surface area contributed by atoms with Crippen LogP contribution in [-0.4, -0.2) is 72.5 Å². The predicted molar refractivity (Wildman–Crippen MR) is 87.5 cm³/mol. The number of ether oxygens (including phenoxy) is 2. The Kier molecular flexibility index (Phi) is 4.91. The lowest BCUT2D eigenvalue weighted by Gasteiger charge is -2.32. The van der Waals surface area contributed by atoms with E-state index in [0.29, 0.717) is 12.5 Å². The largest absolute Gasteiger partial charge is 0.373 e. The molecular formula is C17H25FN4O2. The molecular weight excluding hydrogens is 311 g/mol. The van der Waals surface area contributed by atoms with Crippen molar-refractivity contribution in [1.29, 1.82) is 0 Å². The maximum Gasteiger partial charge on any atom is 0.225 e. The van der Waals surface area contributed by atoms with Gasteiger partial charge in [-0.3, -0.25) is 0 Å². The second-order valence-corrected chi connectivity index (χ2v) is 6.86. The van der Waals surface area contributed by atoms with E-state index in [2.05, 4.69) is 19.8 Å². The minimum absolute atomic E-state index is 0.0338. The van der Waals surface area contributed by atoms with Gasteiger partial charge in [0.2, 0.25) is 5.95 Å². The van der Waals surface area contributed by atoms with Crippen molar-refractivity contribution in [2.75, 3.05) is 44.3 Å². The summed E-state index contributed by atoms with van der Waals surface area (Å²) in [5.41, 5.74) is 0. The van der Waals surface area contributed by atoms with Gasteiger partial charge in [0.05, 0.1) is 31.6 Å². The smallest absolute Gasteiger partial charge is 0.225 e. The number of nitrogens with zero attached hydrogens (tertiary/aromatic N) is 4. The highest BCUT2D eigenvalue weighted by Crippen LogP contribution is 2.32. The number of fused-ring (bicyclic) bond motifs is 1. The maximum absolute atomic E-state index is 13.1. The molecule has 0 spiro atoms. The third-order valence-electron chi connectivity index (χ3n) is 5.28. The minimum atomic E-state index is -0.409. The summed E-state index contributed by atoms with van der Waals surface area (Å²) in [5.74, 6) is 0.162. The van der Waals surface area contributed by atoms with Crippen molar-refractivity contribution in [3.8, 4) is 0 Å². The molecule has 3 atom stereocenters. The fourth-order valence-corrected chi connectivity index (χ4v) is 4.08. The van der Waals surface area contributed by atoms with E-state index in [4.69, 9.17) is 9.47 Å². The van der Waals surface area contributed by atoms with Gasteiger partial charge in [-0.2, -0.15) is 0 Å². The second kappa shape index (κ2) is 7.29. The van der Waals surface area contributed by atoms with Crippen LogP contribution in [0.15, 0.2) is 12.4 Å². The molecule has 3 fully saturated rings. The average Bonchev–Trinajstić information content (AvgIpc) is 3.24. The fourth-order valence-electron chi connectivity index (χ4n) is 4.08. The summed E-state index contributed by atoms with van der Waals surface area (Å²) in [7, 11) is 0. The van der Waals surface area contributed by atoms with Gasteiger partial charge in [-0.1, -0.05) is 0 Å². The monoisotopic (exact) mass is 336 g/mol. The first kappa shape index (κ1) is 16.2. The first-order valence-electron chi connectivity index (χ1n) is 9.01. The SMILES string of the molecule is Fc1cnc(N2C[C@H](OCCN3CCCC3)[C@H]3OCCC[C@H]32)nc1. The standard InChI is InChI=1S/C17H25FN4O2/c18-13-10-19-17(20-11-13)22-12-15(16-14(22)4-3-8-24-16)23-9-7-21-5-1-2-6-21/h10-11,14-16H,1-9,12H2/t14-,15+,16+/m1/s1. The molecule has 0 radical (unpaired) electrons. The lowest BCUT2D eigenvalue weighted by Crippen LogP contribution is -2.42. The van der Waals surface area contributed by atoms with Crippen LogP contribution in [-0.2, 0) is 9.47 Å². The van der Waals surface area contributed by atoms with Crippen LogP contribution in [0.1, 0.15) is 25.7 Å². The summed E-state index contributed by atoms with van der Waals surface area (Å²) >= 11 is 0. The summed E-state index contributed by atoms with van der Waals surface area (Å²) in [4.78, 5) is 12.9. The summed E-state index contributed by atoms with van der Waals surface area (Å²) in [5, 5.41) is 0. The number of hydrogen-bond donors (Lipinski definition) is 0. The van der Waals surface area contributed by atoms with E-state index in [1.807, 2.05) is 0 Å². The Morgan fingerprint density at radius 1 is 1.21 bits per heavy atom. The zero-order valence-electron chi connectivity index (χ0n) is 13.9. The molecule has 3 aliphatic heterocycles. The number of halogens is 1. The normalized spacial score (nSPS) is 30.7. The van der Waals surface area contributed by atoms with Crippen molar-refractivity contribution < 1.29 is 13.9 Å². The van der Waals surface area contributed by atoms with Crippen LogP contribution < -0.4 is 4.90 Å². The molecule has 0 unspecified atom stereocenters. The summed E-state index contributed by atoms with van der Waals surface area (Å²) in [6.45, 7) is 5.58. The molecule has 1 aromatic rings. The lowest BCUT2D eigenvalue weighted by molar-refractivity contribution is -0.0754. The van der Waals surface area contributed by atoms with Crippen molar-refractivity contribution in [1.82, 2.24) is 14.9 Å². The third-order valence-corrected chi connectivity index (χ3v) is 5.28. The van der Waals surface area contributed by atoms with E-state index >= 15 is 0 Å². The molecule has 7 heteroatoms. The van der Waals surface area contributed by atoms with Crippen LogP contribution in [0, 0.1) is 5.82 Å². The van der Waals surface area contributed by atoms with Gasteiger partial charge in [0.1, 0.15) is 12.2 Å². The molecule has 0 aromatic carbocycles. The van der Waals surface area contributed by atoms with Crippen LogP contribution in [0.2, 0.25) is 0 Å². The van der Waals surface area contributed by atoms with Crippen molar-refractivity contribution in [3.63, 3.8) is 0 Å². The number of rotatable bonds is 5. The van der Waals surface area contributed by atoms with E-state index in [1.165, 1.54) is 38.3 Å². The van der Waals surface area contributed by atoms with Crippen LogP contribution in [0.3, 0.4) is 0 Å². The van der Waals surface area contributed by atoms with Gasteiger partial charge < -0.3 is 19.3 Å². The molecule has 0 aliphatic carbocycles. The topological polar surface area (TPSA) is 50.7 Å². The molecule has 6 nitrogen and oxygen atoms in total. The van der Waals surface area contributed by atoms with Crippen molar-refractivity contribution in [3.05, 3.63) is 18.2 Å². The zero-order chi connectivity index (χ0) is 16.4. The Labute approximate surface area is 142 Å². The Balaban J connectivity index is 1.40. The number of anilines is 1. The molecule has 4 heterocycles. The second-order valence-electron chi connectivity index (χ2n) is 6.86. The molecule has 24 heavy (non-hydrogen) atoms. The predicted octanol–water partition coefficient (Wildman–Crippen LogP) is 1.46. The molecule has 1 aromatic heterocycles. The highest BCUT2D eigenvalue weighted by Gasteiger charge is 2.45. The first-order chi connectivity index (χ1) is 11.8. The van der Waals surface area contributed by atoms with E-state index in [0.717, 1.165) is 32.6 Å². The van der Waals surface area contributed by atoms with Gasteiger partial charge in [-0.25, -0.2) is 14.4 Å². The Morgan fingerprint density at radius 3 is 2.79 bits per heavy atom. The summed E-state index contributed by atoms with van der Waals surface area (Å²) < 4.78 is 25.3.